The van der Waals surface area contributed by atoms with Gasteiger partial charge in [0, 0.05) is 44.1 Å². The van der Waals surface area contributed by atoms with Gasteiger partial charge in [-0.2, -0.15) is 0 Å². The summed E-state index contributed by atoms with van der Waals surface area (Å²) >= 11 is 0. The van der Waals surface area contributed by atoms with Gasteiger partial charge in [0.1, 0.15) is 6.54 Å². The van der Waals surface area contributed by atoms with Gasteiger partial charge in [0.25, 0.3) is 5.91 Å². The number of imide groups is 1. The van der Waals surface area contributed by atoms with E-state index in [4.69, 9.17) is 0 Å². The quantitative estimate of drug-likeness (QED) is 0.667. The number of nitrogens with zero attached hydrogens (tertiary/aromatic N) is 4. The smallest absolute Gasteiger partial charge is 0.325 e. The van der Waals surface area contributed by atoms with Gasteiger partial charge >= 0.3 is 6.03 Å². The van der Waals surface area contributed by atoms with Crippen LogP contribution < -0.4 is 5.32 Å². The molecule has 0 bridgehead atoms. The molecule has 9 heteroatoms. The third-order valence-corrected chi connectivity index (χ3v) is 6.16. The molecule has 172 valence electrons. The van der Waals surface area contributed by atoms with Crippen LogP contribution in [0.25, 0.3) is 11.1 Å². The molecule has 2 aliphatic heterocycles. The van der Waals surface area contributed by atoms with Crippen LogP contribution in [0.2, 0.25) is 0 Å². The Morgan fingerprint density at radius 3 is 2.64 bits per heavy atom. The second-order valence-electron chi connectivity index (χ2n) is 8.20. The van der Waals surface area contributed by atoms with Gasteiger partial charge in [-0.3, -0.25) is 24.3 Å². The van der Waals surface area contributed by atoms with E-state index >= 15 is 0 Å². The second kappa shape index (κ2) is 9.81. The number of rotatable bonds is 6. The van der Waals surface area contributed by atoms with E-state index in [-0.39, 0.29) is 31.4 Å². The Morgan fingerprint density at radius 1 is 1.12 bits per heavy atom. The average molecular weight is 450 g/mol. The predicted octanol–water partition coefficient (Wildman–Crippen LogP) is 1.15. The number of amides is 5. The first-order valence-electron chi connectivity index (χ1n) is 11.1. The molecule has 3 heterocycles. The fraction of sp³-hybridized carbons (Fsp3) is 0.375. The highest BCUT2D eigenvalue weighted by molar-refractivity contribution is 6.04. The number of pyridine rings is 1. The van der Waals surface area contributed by atoms with E-state index in [1.54, 1.807) is 22.2 Å². The molecule has 0 spiro atoms. The Labute approximate surface area is 192 Å². The molecular formula is C24H27N5O4. The summed E-state index contributed by atoms with van der Waals surface area (Å²) in [4.78, 5) is 58.6. The van der Waals surface area contributed by atoms with Crippen molar-refractivity contribution >= 4 is 23.8 Å². The zero-order valence-electron chi connectivity index (χ0n) is 18.6. The van der Waals surface area contributed by atoms with Gasteiger partial charge in [0.05, 0.1) is 12.5 Å². The SMILES string of the molecule is CCN1CCN(C(=O)CN2C(=O)CNC2=O)CC(Cc2ccccc2-c2cccnc2)C1=O. The molecule has 1 N–H and O–H groups in total. The largest absolute Gasteiger partial charge is 0.341 e. The molecule has 9 nitrogen and oxygen atoms in total. The number of carbonyl (C=O) groups is 4. The molecule has 5 amide bonds. The monoisotopic (exact) mass is 449 g/mol. The molecule has 33 heavy (non-hydrogen) atoms. The highest BCUT2D eigenvalue weighted by Gasteiger charge is 2.35. The number of aromatic nitrogens is 1. The van der Waals surface area contributed by atoms with Crippen LogP contribution in [0.4, 0.5) is 4.79 Å². The van der Waals surface area contributed by atoms with Crippen LogP contribution in [0.5, 0.6) is 0 Å². The van der Waals surface area contributed by atoms with Gasteiger partial charge in [0.15, 0.2) is 0 Å². The summed E-state index contributed by atoms with van der Waals surface area (Å²) in [5.74, 6) is -1.19. The maximum absolute atomic E-state index is 13.3. The van der Waals surface area contributed by atoms with Gasteiger partial charge in [-0.15, -0.1) is 0 Å². The third-order valence-electron chi connectivity index (χ3n) is 6.16. The fourth-order valence-corrected chi connectivity index (χ4v) is 4.36. The van der Waals surface area contributed by atoms with Crippen LogP contribution in [0.3, 0.4) is 0 Å². The van der Waals surface area contributed by atoms with Crippen LogP contribution in [-0.4, -0.2) is 82.7 Å². The van der Waals surface area contributed by atoms with E-state index in [2.05, 4.69) is 10.3 Å². The minimum atomic E-state index is -0.559. The Hall–Kier alpha value is -3.75. The minimum absolute atomic E-state index is 0.00350. The van der Waals surface area contributed by atoms with Crippen LogP contribution >= 0.6 is 0 Å². The molecule has 0 aliphatic carbocycles. The lowest BCUT2D eigenvalue weighted by molar-refractivity contribution is -0.137. The van der Waals surface area contributed by atoms with Crippen molar-refractivity contribution in [3.8, 4) is 11.1 Å². The summed E-state index contributed by atoms with van der Waals surface area (Å²) in [5.41, 5.74) is 2.97. The van der Waals surface area contributed by atoms with Crippen molar-refractivity contribution in [1.82, 2.24) is 25.0 Å². The first kappa shape index (κ1) is 22.4. The predicted molar refractivity (Wildman–Crippen MR) is 121 cm³/mol. The Morgan fingerprint density at radius 2 is 1.94 bits per heavy atom. The maximum atomic E-state index is 13.3. The van der Waals surface area contributed by atoms with E-state index in [9.17, 15) is 19.2 Å². The highest BCUT2D eigenvalue weighted by Crippen LogP contribution is 2.26. The maximum Gasteiger partial charge on any atom is 0.325 e. The Kier molecular flexibility index (Phi) is 6.67. The van der Waals surface area contributed by atoms with Gasteiger partial charge in [0.2, 0.25) is 11.8 Å². The zero-order chi connectivity index (χ0) is 23.4. The number of nitrogens with one attached hydrogen (secondary N) is 1. The lowest BCUT2D eigenvalue weighted by Gasteiger charge is -2.25. The molecule has 2 aromatic rings. The van der Waals surface area contributed by atoms with E-state index in [1.807, 2.05) is 43.3 Å². The number of hydrogen-bond donors (Lipinski definition) is 1. The molecule has 1 aromatic heterocycles. The summed E-state index contributed by atoms with van der Waals surface area (Å²) in [7, 11) is 0. The highest BCUT2D eigenvalue weighted by atomic mass is 16.2. The van der Waals surface area contributed by atoms with Gasteiger partial charge in [-0.1, -0.05) is 30.3 Å². The Bertz CT molecular complexity index is 1040. The van der Waals surface area contributed by atoms with Gasteiger partial charge in [-0.25, -0.2) is 4.79 Å². The molecule has 2 saturated heterocycles. The number of urea groups is 1. The molecule has 0 saturated carbocycles. The lowest BCUT2D eigenvalue weighted by Crippen LogP contribution is -2.45. The zero-order valence-corrected chi connectivity index (χ0v) is 18.6. The Balaban J connectivity index is 1.56. The normalized spacial score (nSPS) is 19.0. The molecule has 0 radical (unpaired) electrons. The fourth-order valence-electron chi connectivity index (χ4n) is 4.36. The van der Waals surface area contributed by atoms with Crippen molar-refractivity contribution in [3.05, 3.63) is 54.4 Å². The van der Waals surface area contributed by atoms with E-state index in [0.717, 1.165) is 21.6 Å². The van der Waals surface area contributed by atoms with Crippen LogP contribution in [-0.2, 0) is 20.8 Å². The van der Waals surface area contributed by atoms with E-state index in [0.29, 0.717) is 26.1 Å². The van der Waals surface area contributed by atoms with Crippen molar-refractivity contribution < 1.29 is 19.2 Å². The van der Waals surface area contributed by atoms with E-state index in [1.165, 1.54) is 0 Å². The van der Waals surface area contributed by atoms with E-state index < -0.39 is 17.9 Å². The molecule has 1 atom stereocenters. The van der Waals surface area contributed by atoms with Crippen molar-refractivity contribution in [1.29, 1.82) is 0 Å². The standard InChI is InChI=1S/C24H27N5O4/c1-2-27-10-11-28(22(31)16-29-21(30)14-26-24(29)33)15-19(23(27)32)12-17-6-3-4-8-20(17)18-7-5-9-25-13-18/h3-9,13,19H,2,10-12,14-16H2,1H3,(H,26,33). The van der Waals surface area contributed by atoms with Crippen molar-refractivity contribution in [2.24, 2.45) is 5.92 Å². The van der Waals surface area contributed by atoms with Gasteiger partial charge in [-0.05, 0) is 30.5 Å². The summed E-state index contributed by atoms with van der Waals surface area (Å²) in [6, 6.07) is 11.2. The lowest BCUT2D eigenvalue weighted by atomic mass is 9.91. The topological polar surface area (TPSA) is 103 Å². The summed E-state index contributed by atoms with van der Waals surface area (Å²) in [6.07, 6.45) is 3.97. The third kappa shape index (κ3) is 4.87. The molecule has 4 rings (SSSR count). The van der Waals surface area contributed by atoms with Crippen LogP contribution in [0, 0.1) is 5.92 Å². The molecule has 2 aliphatic rings. The summed E-state index contributed by atoms with van der Waals surface area (Å²) < 4.78 is 0. The number of carbonyl (C=O) groups excluding carboxylic acids is 4. The van der Waals surface area contributed by atoms with Crippen molar-refractivity contribution in [2.75, 3.05) is 39.3 Å². The number of hydrogen-bond acceptors (Lipinski definition) is 5. The van der Waals surface area contributed by atoms with Crippen molar-refractivity contribution in [3.63, 3.8) is 0 Å². The molecule has 1 aromatic carbocycles. The first-order chi connectivity index (χ1) is 16.0. The molecule has 1 unspecified atom stereocenters. The minimum Gasteiger partial charge on any atom is -0.341 e. The number of benzene rings is 1. The van der Waals surface area contributed by atoms with Gasteiger partial charge < -0.3 is 15.1 Å². The average Bonchev–Trinajstić information content (AvgIpc) is 3.05. The summed E-state index contributed by atoms with van der Waals surface area (Å²) in [6.45, 7) is 3.08. The first-order valence-corrected chi connectivity index (χ1v) is 11.1. The summed E-state index contributed by atoms with van der Waals surface area (Å²) in [5, 5.41) is 2.43. The molecule has 2 fully saturated rings. The molecular weight excluding hydrogens is 422 g/mol. The van der Waals surface area contributed by atoms with Crippen LogP contribution in [0.15, 0.2) is 48.8 Å². The number of likely N-dealkylation sites (N-methyl/N-ethyl adjacent to an activating group) is 1. The van der Waals surface area contributed by atoms with Crippen molar-refractivity contribution in [2.45, 2.75) is 13.3 Å². The van der Waals surface area contributed by atoms with Crippen LogP contribution in [0.1, 0.15) is 12.5 Å². The second-order valence-corrected chi connectivity index (χ2v) is 8.20.